The topological polar surface area (TPSA) is 87.5 Å². The van der Waals surface area contributed by atoms with Crippen molar-refractivity contribution in [3.8, 4) is 28.5 Å². The van der Waals surface area contributed by atoms with Gasteiger partial charge >= 0.3 is 0 Å². The van der Waals surface area contributed by atoms with Crippen molar-refractivity contribution in [1.29, 1.82) is 0 Å². The number of amides is 1. The van der Waals surface area contributed by atoms with Crippen LogP contribution in [0.15, 0.2) is 42.6 Å². The van der Waals surface area contributed by atoms with E-state index in [1.54, 1.807) is 26.5 Å². The Morgan fingerprint density at radius 3 is 2.47 bits per heavy atom. The van der Waals surface area contributed by atoms with Crippen LogP contribution >= 0.6 is 0 Å². The SMILES string of the molecule is COc1ccc(-c2cn(CC(=O)NCCc3ccc(OC)c(OC)c3)nn2)cc1F. The first-order chi connectivity index (χ1) is 14.5. The Hall–Kier alpha value is -3.62. The molecule has 2 aromatic carbocycles. The minimum absolute atomic E-state index is 0.0115. The molecule has 0 aliphatic rings. The Labute approximate surface area is 173 Å². The number of hydrogen-bond donors (Lipinski definition) is 1. The Morgan fingerprint density at radius 2 is 1.77 bits per heavy atom. The molecule has 1 aromatic heterocycles. The summed E-state index contributed by atoms with van der Waals surface area (Å²) in [6.45, 7) is 0.469. The van der Waals surface area contributed by atoms with Crippen molar-refractivity contribution in [3.63, 3.8) is 0 Å². The van der Waals surface area contributed by atoms with Gasteiger partial charge in [-0.2, -0.15) is 0 Å². The average Bonchev–Trinajstić information content (AvgIpc) is 3.21. The molecule has 30 heavy (non-hydrogen) atoms. The summed E-state index contributed by atoms with van der Waals surface area (Å²) in [5, 5.41) is 10.8. The molecule has 1 N–H and O–H groups in total. The fraction of sp³-hybridized carbons (Fsp3) is 0.286. The number of carbonyl (C=O) groups excluding carboxylic acids is 1. The lowest BCUT2D eigenvalue weighted by Gasteiger charge is -2.10. The van der Waals surface area contributed by atoms with E-state index in [9.17, 15) is 9.18 Å². The molecule has 9 heteroatoms. The predicted molar refractivity (Wildman–Crippen MR) is 108 cm³/mol. The Kier molecular flexibility index (Phi) is 6.84. The Morgan fingerprint density at radius 1 is 1.03 bits per heavy atom. The summed E-state index contributed by atoms with van der Waals surface area (Å²) in [6, 6.07) is 10.1. The second-order valence-electron chi connectivity index (χ2n) is 6.44. The number of benzene rings is 2. The van der Waals surface area contributed by atoms with Gasteiger partial charge in [-0.15, -0.1) is 5.10 Å². The molecule has 0 bridgehead atoms. The minimum atomic E-state index is -0.488. The van der Waals surface area contributed by atoms with Gasteiger partial charge in [0.2, 0.25) is 5.91 Å². The van der Waals surface area contributed by atoms with E-state index >= 15 is 0 Å². The molecule has 0 aliphatic carbocycles. The fourth-order valence-corrected chi connectivity index (χ4v) is 2.92. The molecule has 0 spiro atoms. The molecule has 3 rings (SSSR count). The molecular formula is C21H23FN4O4. The smallest absolute Gasteiger partial charge is 0.241 e. The third kappa shape index (κ3) is 5.05. The standard InChI is InChI=1S/C21H23FN4O4/c1-28-18-7-5-15(11-16(18)22)17-12-26(25-24-17)13-21(27)23-9-8-14-4-6-19(29-2)20(10-14)30-3/h4-7,10-12H,8-9,13H2,1-3H3,(H,23,27). The maximum Gasteiger partial charge on any atom is 0.241 e. The summed E-state index contributed by atoms with van der Waals surface area (Å²) in [6.07, 6.45) is 2.23. The number of aromatic nitrogens is 3. The second-order valence-corrected chi connectivity index (χ2v) is 6.44. The monoisotopic (exact) mass is 414 g/mol. The summed E-state index contributed by atoms with van der Waals surface area (Å²) < 4.78 is 30.7. The predicted octanol–water partition coefficient (Wildman–Crippen LogP) is 2.47. The van der Waals surface area contributed by atoms with Crippen molar-refractivity contribution in [2.75, 3.05) is 27.9 Å². The molecule has 0 saturated carbocycles. The zero-order chi connectivity index (χ0) is 21.5. The van der Waals surface area contributed by atoms with Crippen LogP contribution in [0.25, 0.3) is 11.3 Å². The van der Waals surface area contributed by atoms with Crippen LogP contribution in [0.2, 0.25) is 0 Å². The number of ether oxygens (including phenoxy) is 3. The van der Waals surface area contributed by atoms with Gasteiger partial charge in [0.25, 0.3) is 0 Å². The first-order valence-corrected chi connectivity index (χ1v) is 9.25. The van der Waals surface area contributed by atoms with Crippen LogP contribution < -0.4 is 19.5 Å². The van der Waals surface area contributed by atoms with E-state index in [1.807, 2.05) is 18.2 Å². The van der Waals surface area contributed by atoms with Gasteiger partial charge in [-0.1, -0.05) is 11.3 Å². The zero-order valence-electron chi connectivity index (χ0n) is 17.0. The van der Waals surface area contributed by atoms with Crippen molar-refractivity contribution in [1.82, 2.24) is 20.3 Å². The zero-order valence-corrected chi connectivity index (χ0v) is 17.0. The lowest BCUT2D eigenvalue weighted by Crippen LogP contribution is -2.29. The second kappa shape index (κ2) is 9.73. The maximum absolute atomic E-state index is 13.9. The van der Waals surface area contributed by atoms with E-state index in [1.165, 1.54) is 23.9 Å². The number of hydrogen-bond acceptors (Lipinski definition) is 6. The van der Waals surface area contributed by atoms with E-state index in [-0.39, 0.29) is 18.2 Å². The van der Waals surface area contributed by atoms with E-state index in [0.29, 0.717) is 35.7 Å². The van der Waals surface area contributed by atoms with Crippen LogP contribution in [0, 0.1) is 5.82 Å². The van der Waals surface area contributed by atoms with E-state index in [0.717, 1.165) is 5.56 Å². The first-order valence-electron chi connectivity index (χ1n) is 9.25. The van der Waals surface area contributed by atoms with Gasteiger partial charge in [0.05, 0.1) is 27.5 Å². The average molecular weight is 414 g/mol. The summed E-state index contributed by atoms with van der Waals surface area (Å²) >= 11 is 0. The lowest BCUT2D eigenvalue weighted by molar-refractivity contribution is -0.121. The number of rotatable bonds is 9. The highest BCUT2D eigenvalue weighted by molar-refractivity contribution is 5.75. The third-order valence-corrected chi connectivity index (χ3v) is 4.48. The Balaban J connectivity index is 1.53. The van der Waals surface area contributed by atoms with Crippen LogP contribution in [-0.2, 0) is 17.8 Å². The lowest BCUT2D eigenvalue weighted by atomic mass is 10.1. The number of nitrogens with one attached hydrogen (secondary N) is 1. The fourth-order valence-electron chi connectivity index (χ4n) is 2.92. The maximum atomic E-state index is 13.9. The van der Waals surface area contributed by atoms with Crippen LogP contribution in [0.1, 0.15) is 5.56 Å². The largest absolute Gasteiger partial charge is 0.494 e. The highest BCUT2D eigenvalue weighted by atomic mass is 19.1. The molecule has 3 aromatic rings. The van der Waals surface area contributed by atoms with Crippen LogP contribution in [0.3, 0.4) is 0 Å². The summed E-state index contributed by atoms with van der Waals surface area (Å²) in [4.78, 5) is 12.2. The number of nitrogens with zero attached hydrogens (tertiary/aromatic N) is 3. The summed E-state index contributed by atoms with van der Waals surface area (Å²) in [5.41, 5.74) is 2.03. The number of halogens is 1. The van der Waals surface area contributed by atoms with Crippen molar-refractivity contribution >= 4 is 5.91 Å². The van der Waals surface area contributed by atoms with Crippen molar-refractivity contribution in [2.45, 2.75) is 13.0 Å². The highest BCUT2D eigenvalue weighted by Gasteiger charge is 2.11. The van der Waals surface area contributed by atoms with Gasteiger partial charge in [-0.25, -0.2) is 9.07 Å². The molecule has 0 radical (unpaired) electrons. The summed E-state index contributed by atoms with van der Waals surface area (Å²) in [7, 11) is 4.56. The molecule has 0 saturated heterocycles. The number of methoxy groups -OCH3 is 3. The molecule has 8 nitrogen and oxygen atoms in total. The normalized spacial score (nSPS) is 10.5. The Bertz CT molecular complexity index is 1020. The molecule has 1 amide bonds. The van der Waals surface area contributed by atoms with Crippen LogP contribution in [0.4, 0.5) is 4.39 Å². The highest BCUT2D eigenvalue weighted by Crippen LogP contribution is 2.27. The van der Waals surface area contributed by atoms with E-state index < -0.39 is 5.82 Å². The van der Waals surface area contributed by atoms with Crippen LogP contribution in [-0.4, -0.2) is 48.8 Å². The molecule has 1 heterocycles. The molecule has 0 fully saturated rings. The van der Waals surface area contributed by atoms with Gasteiger partial charge in [0.1, 0.15) is 12.2 Å². The van der Waals surface area contributed by atoms with Crippen molar-refractivity contribution < 1.29 is 23.4 Å². The molecule has 158 valence electrons. The third-order valence-electron chi connectivity index (χ3n) is 4.48. The van der Waals surface area contributed by atoms with Gasteiger partial charge in [-0.3, -0.25) is 4.79 Å². The number of carbonyl (C=O) groups is 1. The van der Waals surface area contributed by atoms with Gasteiger partial charge in [-0.05, 0) is 42.3 Å². The van der Waals surface area contributed by atoms with Crippen molar-refractivity contribution in [2.24, 2.45) is 0 Å². The van der Waals surface area contributed by atoms with Gasteiger partial charge < -0.3 is 19.5 Å². The van der Waals surface area contributed by atoms with Gasteiger partial charge in [0, 0.05) is 12.1 Å². The quantitative estimate of drug-likeness (QED) is 0.579. The van der Waals surface area contributed by atoms with Crippen molar-refractivity contribution in [3.05, 3.63) is 54.0 Å². The molecule has 0 atom stereocenters. The van der Waals surface area contributed by atoms with Gasteiger partial charge in [0.15, 0.2) is 23.1 Å². The molecule has 0 aliphatic heterocycles. The molecular weight excluding hydrogens is 391 g/mol. The van der Waals surface area contributed by atoms with Crippen LogP contribution in [0.5, 0.6) is 17.2 Å². The summed E-state index contributed by atoms with van der Waals surface area (Å²) in [5.74, 6) is 0.765. The minimum Gasteiger partial charge on any atom is -0.494 e. The molecule has 0 unspecified atom stereocenters. The van der Waals surface area contributed by atoms with E-state index in [2.05, 4.69) is 15.6 Å². The first kappa shape index (κ1) is 21.1. The van der Waals surface area contributed by atoms with E-state index in [4.69, 9.17) is 14.2 Å².